The van der Waals surface area contributed by atoms with Crippen LogP contribution in [0.1, 0.15) is 87.5 Å². The molecule has 0 atom stereocenters. The molecule has 0 saturated heterocycles. The quantitative estimate of drug-likeness (QED) is 0.254. The van der Waals surface area contributed by atoms with Crippen molar-refractivity contribution in [2.45, 2.75) is 53.4 Å². The average molecular weight is 473 g/mol. The number of benzene rings is 4. The molecule has 4 aromatic carbocycles. The topological polar surface area (TPSA) is 34.1 Å². The lowest BCUT2D eigenvalue weighted by atomic mass is 9.85. The van der Waals surface area contributed by atoms with Crippen LogP contribution >= 0.6 is 0 Å². The van der Waals surface area contributed by atoms with E-state index in [1.165, 1.54) is 55.6 Å². The smallest absolute Gasteiger partial charge is 0.150 e. The Hall–Kier alpha value is -3.78. The maximum Gasteiger partial charge on any atom is 0.150 e. The lowest BCUT2D eigenvalue weighted by Crippen LogP contribution is -2.07. The molecule has 2 heteroatoms. The van der Waals surface area contributed by atoms with Crippen molar-refractivity contribution < 1.29 is 9.59 Å². The van der Waals surface area contributed by atoms with Crippen LogP contribution in [0.3, 0.4) is 0 Å². The molecule has 0 radical (unpaired) electrons. The molecule has 2 nitrogen and oxygen atoms in total. The molecule has 180 valence electrons. The SMILES string of the molecule is Cc1c2cccc1Cc1cc(C=O)cc(c1C)Cc1cc(C=O)cc(c1C)Cc1cccc(c1C)C2. The van der Waals surface area contributed by atoms with E-state index in [4.69, 9.17) is 0 Å². The molecule has 5 rings (SSSR count). The molecule has 1 aliphatic rings. The summed E-state index contributed by atoms with van der Waals surface area (Å²) in [6, 6.07) is 21.3. The van der Waals surface area contributed by atoms with Crippen molar-refractivity contribution in [3.63, 3.8) is 0 Å². The van der Waals surface area contributed by atoms with E-state index in [2.05, 4.69) is 64.1 Å². The van der Waals surface area contributed by atoms with Gasteiger partial charge < -0.3 is 0 Å². The molecule has 36 heavy (non-hydrogen) atoms. The van der Waals surface area contributed by atoms with Crippen LogP contribution in [0.4, 0.5) is 0 Å². The van der Waals surface area contributed by atoms with E-state index >= 15 is 0 Å². The molecule has 0 saturated carbocycles. The monoisotopic (exact) mass is 472 g/mol. The lowest BCUT2D eigenvalue weighted by molar-refractivity contribution is 0.111. The second kappa shape index (κ2) is 9.70. The van der Waals surface area contributed by atoms with E-state index in [0.29, 0.717) is 17.5 Å². The first-order valence-corrected chi connectivity index (χ1v) is 12.7. The Morgan fingerprint density at radius 3 is 1.00 bits per heavy atom. The number of hydrogen-bond acceptors (Lipinski definition) is 2. The van der Waals surface area contributed by atoms with Gasteiger partial charge in [-0.3, -0.25) is 9.59 Å². The molecular weight excluding hydrogens is 440 g/mol. The molecule has 0 amide bonds. The van der Waals surface area contributed by atoms with Crippen LogP contribution in [-0.2, 0) is 25.7 Å². The van der Waals surface area contributed by atoms with Crippen molar-refractivity contribution in [2.75, 3.05) is 0 Å². The van der Waals surface area contributed by atoms with Gasteiger partial charge in [-0.1, -0.05) is 36.4 Å². The molecule has 0 unspecified atom stereocenters. The second-order valence-corrected chi connectivity index (χ2v) is 10.3. The minimum absolute atomic E-state index is 0.694. The third kappa shape index (κ3) is 4.44. The molecule has 8 bridgehead atoms. The number of carbonyl (C=O) groups is 2. The first-order valence-electron chi connectivity index (χ1n) is 12.7. The highest BCUT2D eigenvalue weighted by Gasteiger charge is 2.16. The number of carbonyl (C=O) groups excluding carboxylic acids is 2. The van der Waals surface area contributed by atoms with Crippen molar-refractivity contribution >= 4 is 12.6 Å². The van der Waals surface area contributed by atoms with Gasteiger partial charge in [0.2, 0.25) is 0 Å². The summed E-state index contributed by atoms with van der Waals surface area (Å²) in [5.41, 5.74) is 16.4. The predicted molar refractivity (Wildman–Crippen MR) is 147 cm³/mol. The highest BCUT2D eigenvalue weighted by Crippen LogP contribution is 2.30. The van der Waals surface area contributed by atoms with E-state index in [1.807, 2.05) is 24.3 Å². The van der Waals surface area contributed by atoms with Crippen molar-refractivity contribution in [2.24, 2.45) is 0 Å². The fourth-order valence-electron chi connectivity index (χ4n) is 5.66. The molecular formula is C34H32O2. The lowest BCUT2D eigenvalue weighted by Gasteiger charge is -2.20. The zero-order chi connectivity index (χ0) is 25.4. The Morgan fingerprint density at radius 1 is 0.444 bits per heavy atom. The van der Waals surface area contributed by atoms with Gasteiger partial charge in [-0.15, -0.1) is 0 Å². The van der Waals surface area contributed by atoms with Gasteiger partial charge in [-0.25, -0.2) is 0 Å². The van der Waals surface area contributed by atoms with Crippen LogP contribution in [0.25, 0.3) is 0 Å². The van der Waals surface area contributed by atoms with Crippen molar-refractivity contribution in [3.05, 3.63) is 139 Å². The first-order chi connectivity index (χ1) is 17.4. The molecule has 1 aliphatic carbocycles. The summed E-state index contributed by atoms with van der Waals surface area (Å²) < 4.78 is 0. The summed E-state index contributed by atoms with van der Waals surface area (Å²) in [7, 11) is 0. The van der Waals surface area contributed by atoms with E-state index in [0.717, 1.165) is 43.0 Å². The van der Waals surface area contributed by atoms with Crippen LogP contribution < -0.4 is 0 Å². The molecule has 0 N–H and O–H groups in total. The van der Waals surface area contributed by atoms with E-state index in [-0.39, 0.29) is 0 Å². The highest BCUT2D eigenvalue weighted by atomic mass is 16.1. The van der Waals surface area contributed by atoms with Gasteiger partial charge in [-0.2, -0.15) is 0 Å². The van der Waals surface area contributed by atoms with Crippen LogP contribution in [0.2, 0.25) is 0 Å². The first kappa shape index (κ1) is 23.9. The van der Waals surface area contributed by atoms with E-state index in [1.54, 1.807) is 0 Å². The summed E-state index contributed by atoms with van der Waals surface area (Å²) in [5.74, 6) is 0. The Bertz CT molecular complexity index is 1390. The zero-order valence-corrected chi connectivity index (χ0v) is 21.6. The highest BCUT2D eigenvalue weighted by molar-refractivity contribution is 5.77. The zero-order valence-electron chi connectivity index (χ0n) is 21.6. The third-order valence-corrected chi connectivity index (χ3v) is 8.20. The average Bonchev–Trinajstić information content (AvgIpc) is 2.87. The fraction of sp³-hybridized carbons (Fsp3) is 0.235. The third-order valence-electron chi connectivity index (χ3n) is 8.20. The minimum Gasteiger partial charge on any atom is -0.298 e. The number of rotatable bonds is 2. The minimum atomic E-state index is 0.694. The van der Waals surface area contributed by atoms with Crippen LogP contribution in [0, 0.1) is 27.7 Å². The van der Waals surface area contributed by atoms with Crippen LogP contribution in [0.15, 0.2) is 60.7 Å². The predicted octanol–water partition coefficient (Wildman–Crippen LogP) is 7.22. The maximum atomic E-state index is 11.9. The Morgan fingerprint density at radius 2 is 0.694 bits per heavy atom. The second-order valence-electron chi connectivity index (χ2n) is 10.3. The van der Waals surface area contributed by atoms with Gasteiger partial charge in [0.05, 0.1) is 0 Å². The van der Waals surface area contributed by atoms with Gasteiger partial charge in [0.25, 0.3) is 0 Å². The normalized spacial score (nSPS) is 12.8. The summed E-state index contributed by atoms with van der Waals surface area (Å²) in [6.07, 6.45) is 5.05. The number of fused-ring (bicyclic) bond motifs is 8. The van der Waals surface area contributed by atoms with E-state index in [9.17, 15) is 9.59 Å². The summed E-state index contributed by atoms with van der Waals surface area (Å²) >= 11 is 0. The maximum absolute atomic E-state index is 11.9. The van der Waals surface area contributed by atoms with Gasteiger partial charge in [0.1, 0.15) is 12.6 Å². The van der Waals surface area contributed by atoms with Crippen LogP contribution in [0.5, 0.6) is 0 Å². The molecule has 4 aromatic rings. The molecule has 0 fully saturated rings. The van der Waals surface area contributed by atoms with Gasteiger partial charge in [0.15, 0.2) is 0 Å². The Balaban J connectivity index is 1.77. The molecule has 0 aromatic heterocycles. The van der Waals surface area contributed by atoms with Crippen LogP contribution in [-0.4, -0.2) is 12.6 Å². The number of hydrogen-bond donors (Lipinski definition) is 0. The number of aldehydes is 2. The van der Waals surface area contributed by atoms with Crippen molar-refractivity contribution in [3.8, 4) is 0 Å². The van der Waals surface area contributed by atoms with E-state index < -0.39 is 0 Å². The standard InChI is InChI=1S/C34H32O2/c1-21-27-7-5-9-29(21)16-31-11-25(19-35)13-33(23(31)3)18-34-14-26(20-36)12-32(24(34)4)17-30-10-6-8-28(15-27)22(30)2/h5-14,19-20H,15-18H2,1-4H3. The van der Waals surface area contributed by atoms with Gasteiger partial charge in [0, 0.05) is 11.1 Å². The largest absolute Gasteiger partial charge is 0.298 e. The van der Waals surface area contributed by atoms with Gasteiger partial charge >= 0.3 is 0 Å². The van der Waals surface area contributed by atoms with Gasteiger partial charge in [-0.05, 0) is 144 Å². The molecule has 0 spiro atoms. The molecule has 0 heterocycles. The van der Waals surface area contributed by atoms with Crippen molar-refractivity contribution in [1.82, 2.24) is 0 Å². The summed E-state index contributed by atoms with van der Waals surface area (Å²) in [4.78, 5) is 23.8. The summed E-state index contributed by atoms with van der Waals surface area (Å²) in [5, 5.41) is 0. The Labute approximate surface area is 214 Å². The summed E-state index contributed by atoms with van der Waals surface area (Å²) in [6.45, 7) is 8.77. The fourth-order valence-corrected chi connectivity index (χ4v) is 5.66. The van der Waals surface area contributed by atoms with Crippen molar-refractivity contribution in [1.29, 1.82) is 0 Å². The Kier molecular flexibility index (Phi) is 6.45. The molecule has 0 aliphatic heterocycles.